The summed E-state index contributed by atoms with van der Waals surface area (Å²) in [4.78, 5) is 15.3. The summed E-state index contributed by atoms with van der Waals surface area (Å²) in [6, 6.07) is 13.7. The second-order valence-corrected chi connectivity index (χ2v) is 10.1. The number of fused-ring (bicyclic) bond motifs is 4. The Hall–Kier alpha value is -2.24. The van der Waals surface area contributed by atoms with E-state index in [1.165, 1.54) is 0 Å². The molecule has 1 amide bonds. The zero-order valence-electron chi connectivity index (χ0n) is 18.1. The Balaban J connectivity index is 1.36. The summed E-state index contributed by atoms with van der Waals surface area (Å²) in [6.45, 7) is 7.83. The fourth-order valence-electron chi connectivity index (χ4n) is 5.14. The number of carbonyl (C=O) groups is 1. The van der Waals surface area contributed by atoms with Crippen molar-refractivity contribution in [1.29, 1.82) is 0 Å². The number of ether oxygens (including phenoxy) is 2. The number of nitrogens with zero attached hydrogens (tertiary/aromatic N) is 1. The van der Waals surface area contributed by atoms with Crippen molar-refractivity contribution in [2.24, 2.45) is 11.3 Å². The molecule has 5 nitrogen and oxygen atoms in total. The molecule has 3 saturated heterocycles. The quantitative estimate of drug-likeness (QED) is 0.704. The van der Waals surface area contributed by atoms with Gasteiger partial charge in [0, 0.05) is 28.1 Å². The van der Waals surface area contributed by atoms with Crippen LogP contribution in [0.3, 0.4) is 0 Å². The molecule has 164 valence electrons. The SMILES string of the molecule is CC1(C)COc2cc(-c3ccccc3Cl)ccc2C1NC(=O)O[C@H]1CN2CCC1CC2. The lowest BCUT2D eigenvalue weighted by molar-refractivity contribution is -0.0361. The van der Waals surface area contributed by atoms with Gasteiger partial charge in [0.25, 0.3) is 0 Å². The van der Waals surface area contributed by atoms with Crippen LogP contribution < -0.4 is 10.1 Å². The lowest BCUT2D eigenvalue weighted by Crippen LogP contribution is -2.53. The first-order chi connectivity index (χ1) is 14.9. The Labute approximate surface area is 188 Å². The predicted molar refractivity (Wildman–Crippen MR) is 121 cm³/mol. The van der Waals surface area contributed by atoms with E-state index >= 15 is 0 Å². The highest BCUT2D eigenvalue weighted by Gasteiger charge is 2.41. The van der Waals surface area contributed by atoms with E-state index in [2.05, 4.69) is 24.1 Å². The zero-order chi connectivity index (χ0) is 21.6. The summed E-state index contributed by atoms with van der Waals surface area (Å²) in [5.74, 6) is 1.27. The summed E-state index contributed by atoms with van der Waals surface area (Å²) in [7, 11) is 0. The zero-order valence-corrected chi connectivity index (χ0v) is 18.8. The van der Waals surface area contributed by atoms with Crippen molar-refractivity contribution in [3.63, 3.8) is 0 Å². The smallest absolute Gasteiger partial charge is 0.407 e. The Morgan fingerprint density at radius 2 is 1.97 bits per heavy atom. The van der Waals surface area contributed by atoms with Gasteiger partial charge in [-0.25, -0.2) is 4.79 Å². The van der Waals surface area contributed by atoms with Crippen LogP contribution in [0.4, 0.5) is 4.79 Å². The highest BCUT2D eigenvalue weighted by molar-refractivity contribution is 6.33. The Bertz CT molecular complexity index is 984. The number of rotatable bonds is 3. The molecule has 0 spiro atoms. The first-order valence-corrected chi connectivity index (χ1v) is 11.5. The largest absolute Gasteiger partial charge is 0.493 e. The van der Waals surface area contributed by atoms with Crippen LogP contribution in [-0.2, 0) is 4.74 Å². The van der Waals surface area contributed by atoms with Crippen molar-refractivity contribution in [1.82, 2.24) is 10.2 Å². The van der Waals surface area contributed by atoms with Crippen LogP contribution in [0, 0.1) is 11.3 Å². The molecule has 0 radical (unpaired) electrons. The molecule has 4 aliphatic heterocycles. The number of hydrogen-bond acceptors (Lipinski definition) is 4. The molecule has 1 unspecified atom stereocenters. The molecule has 0 saturated carbocycles. The van der Waals surface area contributed by atoms with Crippen LogP contribution in [0.5, 0.6) is 5.75 Å². The fraction of sp³-hybridized carbons (Fsp3) is 0.480. The Morgan fingerprint density at radius 1 is 1.19 bits per heavy atom. The average Bonchev–Trinajstić information content (AvgIpc) is 2.77. The van der Waals surface area contributed by atoms with Gasteiger partial charge in [-0.2, -0.15) is 0 Å². The molecule has 4 heterocycles. The van der Waals surface area contributed by atoms with Crippen LogP contribution in [0.25, 0.3) is 11.1 Å². The monoisotopic (exact) mass is 440 g/mol. The fourth-order valence-corrected chi connectivity index (χ4v) is 5.38. The van der Waals surface area contributed by atoms with Crippen LogP contribution >= 0.6 is 11.6 Å². The Kier molecular flexibility index (Phi) is 5.35. The van der Waals surface area contributed by atoms with Crippen LogP contribution in [0.2, 0.25) is 5.02 Å². The van der Waals surface area contributed by atoms with E-state index in [1.54, 1.807) is 0 Å². The molecular weight excluding hydrogens is 412 g/mol. The molecule has 2 bridgehead atoms. The van der Waals surface area contributed by atoms with Crippen molar-refractivity contribution in [2.75, 3.05) is 26.2 Å². The van der Waals surface area contributed by atoms with Crippen molar-refractivity contribution in [2.45, 2.75) is 38.8 Å². The van der Waals surface area contributed by atoms with Crippen LogP contribution in [0.1, 0.15) is 38.3 Å². The first-order valence-electron chi connectivity index (χ1n) is 11.1. The number of nitrogens with one attached hydrogen (secondary N) is 1. The number of halogens is 1. The Morgan fingerprint density at radius 3 is 2.68 bits per heavy atom. The van der Waals surface area contributed by atoms with E-state index in [-0.39, 0.29) is 23.7 Å². The molecule has 2 atom stereocenters. The molecule has 6 heteroatoms. The maximum Gasteiger partial charge on any atom is 0.407 e. The molecular formula is C25H29ClN2O3. The summed E-state index contributed by atoms with van der Waals surface area (Å²) < 4.78 is 12.0. The van der Waals surface area contributed by atoms with E-state index in [0.717, 1.165) is 54.9 Å². The molecule has 1 N–H and O–H groups in total. The van der Waals surface area contributed by atoms with Crippen LogP contribution in [-0.4, -0.2) is 43.3 Å². The molecule has 3 fully saturated rings. The summed E-state index contributed by atoms with van der Waals surface area (Å²) in [5, 5.41) is 3.86. The number of benzene rings is 2. The molecule has 2 aromatic carbocycles. The second-order valence-electron chi connectivity index (χ2n) is 9.67. The molecule has 4 aliphatic rings. The van der Waals surface area contributed by atoms with E-state index in [1.807, 2.05) is 42.5 Å². The maximum absolute atomic E-state index is 12.9. The minimum Gasteiger partial charge on any atom is -0.493 e. The number of hydrogen-bond donors (Lipinski definition) is 1. The van der Waals surface area contributed by atoms with Crippen molar-refractivity contribution < 1.29 is 14.3 Å². The van der Waals surface area contributed by atoms with Gasteiger partial charge in [-0.05, 0) is 49.5 Å². The summed E-state index contributed by atoms with van der Waals surface area (Å²) in [6.07, 6.45) is 1.90. The number of alkyl carbamates (subject to hydrolysis) is 1. The molecule has 0 aliphatic carbocycles. The van der Waals surface area contributed by atoms with Crippen molar-refractivity contribution >= 4 is 17.7 Å². The third-order valence-electron chi connectivity index (χ3n) is 7.01. The van der Waals surface area contributed by atoms with E-state index in [9.17, 15) is 4.79 Å². The average molecular weight is 441 g/mol. The van der Waals surface area contributed by atoms with Gasteiger partial charge in [-0.3, -0.25) is 4.90 Å². The second kappa shape index (κ2) is 8.03. The predicted octanol–water partition coefficient (Wildman–Crippen LogP) is 5.29. The number of amides is 1. The summed E-state index contributed by atoms with van der Waals surface area (Å²) in [5.41, 5.74) is 2.68. The lowest BCUT2D eigenvalue weighted by atomic mass is 9.78. The molecule has 2 aromatic rings. The highest BCUT2D eigenvalue weighted by atomic mass is 35.5. The lowest BCUT2D eigenvalue weighted by Gasteiger charge is -2.44. The highest BCUT2D eigenvalue weighted by Crippen LogP contribution is 2.44. The van der Waals surface area contributed by atoms with Crippen molar-refractivity contribution in [3.05, 3.63) is 53.1 Å². The number of piperidine rings is 3. The van der Waals surface area contributed by atoms with Gasteiger partial charge in [0.2, 0.25) is 0 Å². The molecule has 0 aromatic heterocycles. The van der Waals surface area contributed by atoms with Crippen molar-refractivity contribution in [3.8, 4) is 16.9 Å². The number of carbonyl (C=O) groups excluding carboxylic acids is 1. The van der Waals surface area contributed by atoms with Gasteiger partial charge < -0.3 is 14.8 Å². The van der Waals surface area contributed by atoms with E-state index in [4.69, 9.17) is 21.1 Å². The molecule has 31 heavy (non-hydrogen) atoms. The topological polar surface area (TPSA) is 50.8 Å². The normalized spacial score (nSPS) is 28.4. The van der Waals surface area contributed by atoms with Gasteiger partial charge in [0.05, 0.1) is 12.6 Å². The minimum atomic E-state index is -0.333. The minimum absolute atomic E-state index is 0.00692. The third-order valence-corrected chi connectivity index (χ3v) is 7.34. The third kappa shape index (κ3) is 4.01. The van der Waals surface area contributed by atoms with Gasteiger partial charge in [0.15, 0.2) is 0 Å². The van der Waals surface area contributed by atoms with Crippen LogP contribution in [0.15, 0.2) is 42.5 Å². The van der Waals surface area contributed by atoms with Gasteiger partial charge in [-0.1, -0.05) is 55.8 Å². The summed E-state index contributed by atoms with van der Waals surface area (Å²) >= 11 is 6.39. The van der Waals surface area contributed by atoms with Gasteiger partial charge in [0.1, 0.15) is 11.9 Å². The molecule has 6 rings (SSSR count). The van der Waals surface area contributed by atoms with Gasteiger partial charge in [-0.15, -0.1) is 0 Å². The maximum atomic E-state index is 12.9. The van der Waals surface area contributed by atoms with Gasteiger partial charge >= 0.3 is 6.09 Å². The van der Waals surface area contributed by atoms with E-state index in [0.29, 0.717) is 17.5 Å². The van der Waals surface area contributed by atoms with E-state index < -0.39 is 0 Å². The first kappa shape index (κ1) is 20.7. The standard InChI is InChI=1S/C25H29ClN2O3/c1-25(2)15-30-21-13-17(18-5-3-4-6-20(18)26)7-8-19(21)23(25)27-24(29)31-22-14-28-11-9-16(22)10-12-28/h3-8,13,16,22-23H,9-12,14-15H2,1-2H3,(H,27,29)/t22-,23?/m0/s1.